The highest BCUT2D eigenvalue weighted by molar-refractivity contribution is 5.94. The summed E-state index contributed by atoms with van der Waals surface area (Å²) in [6.07, 6.45) is 1.58. The smallest absolute Gasteiger partial charge is 0.254 e. The number of rotatable bonds is 5. The minimum absolute atomic E-state index is 0. The number of benzene rings is 2. The van der Waals surface area contributed by atoms with E-state index in [2.05, 4.69) is 5.32 Å². The van der Waals surface area contributed by atoms with Gasteiger partial charge in [0.05, 0.1) is 13.2 Å². The normalized spacial score (nSPS) is 18.8. The zero-order valence-electron chi connectivity index (χ0n) is 17.2. The first kappa shape index (κ1) is 22.1. The van der Waals surface area contributed by atoms with Crippen LogP contribution in [0.15, 0.2) is 48.5 Å². The zero-order chi connectivity index (χ0) is 20.2. The molecule has 2 aliphatic heterocycles. The molecule has 4 rings (SSSR count). The molecule has 2 aromatic rings. The van der Waals surface area contributed by atoms with Gasteiger partial charge < -0.3 is 19.9 Å². The molecule has 0 radical (unpaired) electrons. The van der Waals surface area contributed by atoms with Crippen molar-refractivity contribution < 1.29 is 14.3 Å². The monoisotopic (exact) mass is 429 g/mol. The summed E-state index contributed by atoms with van der Waals surface area (Å²) in [5.74, 6) is 1.03. The molecular weight excluding hydrogens is 402 g/mol. The highest BCUT2D eigenvalue weighted by atomic mass is 35.5. The summed E-state index contributed by atoms with van der Waals surface area (Å²) >= 11 is 0. The number of halogens is 1. The fourth-order valence-corrected chi connectivity index (χ4v) is 4.18. The first-order valence-corrected chi connectivity index (χ1v) is 10.2. The van der Waals surface area contributed by atoms with Crippen LogP contribution in [0.5, 0.6) is 5.75 Å². The molecule has 1 atom stereocenters. The van der Waals surface area contributed by atoms with Crippen LogP contribution in [-0.4, -0.2) is 54.9 Å². The molecular formula is C23H28ClN3O3. The van der Waals surface area contributed by atoms with Gasteiger partial charge in [-0.05, 0) is 30.2 Å². The lowest BCUT2D eigenvalue weighted by molar-refractivity contribution is -0.128. The Morgan fingerprint density at radius 2 is 1.90 bits per heavy atom. The molecule has 1 N–H and O–H groups in total. The number of ether oxygens (including phenoxy) is 1. The van der Waals surface area contributed by atoms with Crippen LogP contribution >= 0.6 is 12.4 Å². The van der Waals surface area contributed by atoms with Gasteiger partial charge in [0, 0.05) is 50.3 Å². The van der Waals surface area contributed by atoms with Crippen molar-refractivity contribution in [1.82, 2.24) is 15.1 Å². The highest BCUT2D eigenvalue weighted by Gasteiger charge is 2.30. The lowest BCUT2D eigenvalue weighted by atomic mass is 10.0. The van der Waals surface area contributed by atoms with Gasteiger partial charge in [0.2, 0.25) is 5.91 Å². The molecule has 0 aromatic heterocycles. The Morgan fingerprint density at radius 3 is 2.60 bits per heavy atom. The molecule has 0 bridgehead atoms. The van der Waals surface area contributed by atoms with E-state index in [1.807, 2.05) is 58.3 Å². The SMILES string of the molecule is COc1ccccc1C1CNCCN1C(=O)c1ccc(CN2CCCC2=O)cc1.Cl. The maximum absolute atomic E-state index is 13.3. The molecule has 2 amide bonds. The van der Waals surface area contributed by atoms with Crippen LogP contribution in [0.4, 0.5) is 0 Å². The minimum Gasteiger partial charge on any atom is -0.496 e. The van der Waals surface area contributed by atoms with E-state index in [-0.39, 0.29) is 30.3 Å². The minimum atomic E-state index is -0.0747. The van der Waals surface area contributed by atoms with Gasteiger partial charge in [0.1, 0.15) is 5.75 Å². The summed E-state index contributed by atoms with van der Waals surface area (Å²) in [5, 5.41) is 3.39. The predicted molar refractivity (Wildman–Crippen MR) is 118 cm³/mol. The predicted octanol–water partition coefficient (Wildman–Crippen LogP) is 3.03. The van der Waals surface area contributed by atoms with E-state index in [0.717, 1.165) is 36.4 Å². The Morgan fingerprint density at radius 1 is 1.13 bits per heavy atom. The van der Waals surface area contributed by atoms with Gasteiger partial charge in [-0.1, -0.05) is 30.3 Å². The van der Waals surface area contributed by atoms with Crippen LogP contribution in [0, 0.1) is 0 Å². The highest BCUT2D eigenvalue weighted by Crippen LogP contribution is 2.31. The summed E-state index contributed by atoms with van der Waals surface area (Å²) in [7, 11) is 1.66. The van der Waals surface area contributed by atoms with Crippen molar-refractivity contribution >= 4 is 24.2 Å². The maximum atomic E-state index is 13.3. The summed E-state index contributed by atoms with van der Waals surface area (Å²) in [6, 6.07) is 15.5. The van der Waals surface area contributed by atoms with E-state index in [4.69, 9.17) is 4.74 Å². The molecule has 2 aliphatic rings. The molecule has 1 unspecified atom stereocenters. The van der Waals surface area contributed by atoms with E-state index in [1.54, 1.807) is 7.11 Å². The van der Waals surface area contributed by atoms with Gasteiger partial charge in [0.15, 0.2) is 0 Å². The summed E-state index contributed by atoms with van der Waals surface area (Å²) in [6.45, 7) is 3.55. The Balaban J connectivity index is 0.00000256. The van der Waals surface area contributed by atoms with Crippen molar-refractivity contribution in [1.29, 1.82) is 0 Å². The second-order valence-electron chi connectivity index (χ2n) is 7.58. The largest absolute Gasteiger partial charge is 0.496 e. The zero-order valence-corrected chi connectivity index (χ0v) is 18.0. The second-order valence-corrected chi connectivity index (χ2v) is 7.58. The molecule has 0 spiro atoms. The van der Waals surface area contributed by atoms with E-state index < -0.39 is 0 Å². The topological polar surface area (TPSA) is 61.9 Å². The number of likely N-dealkylation sites (tertiary alicyclic amines) is 1. The number of amides is 2. The third-order valence-corrected chi connectivity index (χ3v) is 5.75. The van der Waals surface area contributed by atoms with E-state index in [0.29, 0.717) is 31.6 Å². The number of carbonyl (C=O) groups excluding carboxylic acids is 2. The van der Waals surface area contributed by atoms with Crippen LogP contribution in [0.2, 0.25) is 0 Å². The number of piperazine rings is 1. The maximum Gasteiger partial charge on any atom is 0.254 e. The van der Waals surface area contributed by atoms with Crippen molar-refractivity contribution in [2.75, 3.05) is 33.3 Å². The Kier molecular flexibility index (Phi) is 7.34. The quantitative estimate of drug-likeness (QED) is 0.793. The molecule has 6 nitrogen and oxygen atoms in total. The van der Waals surface area contributed by atoms with Crippen molar-refractivity contribution in [3.8, 4) is 5.75 Å². The summed E-state index contributed by atoms with van der Waals surface area (Å²) in [5.41, 5.74) is 2.74. The van der Waals surface area contributed by atoms with Crippen LogP contribution in [0.3, 0.4) is 0 Å². The van der Waals surface area contributed by atoms with E-state index in [1.165, 1.54) is 0 Å². The molecule has 7 heteroatoms. The Hall–Kier alpha value is -2.57. The first-order chi connectivity index (χ1) is 14.2. The average Bonchev–Trinajstić information content (AvgIpc) is 3.18. The van der Waals surface area contributed by atoms with Gasteiger partial charge in [0.25, 0.3) is 5.91 Å². The second kappa shape index (κ2) is 9.96. The standard InChI is InChI=1S/C23H27N3O3.ClH/c1-29-21-6-3-2-5-19(21)20-15-24-12-14-26(20)23(28)18-10-8-17(9-11-18)16-25-13-4-7-22(25)27;/h2-3,5-6,8-11,20,24H,4,7,12-16H2,1H3;1H. The number of carbonyl (C=O) groups is 2. The Bertz CT molecular complexity index is 888. The van der Waals surface area contributed by atoms with Gasteiger partial charge in [-0.25, -0.2) is 0 Å². The first-order valence-electron chi connectivity index (χ1n) is 10.2. The molecule has 0 saturated carbocycles. The molecule has 2 saturated heterocycles. The number of hydrogen-bond donors (Lipinski definition) is 1. The van der Waals surface area contributed by atoms with Crippen LogP contribution in [0.25, 0.3) is 0 Å². The van der Waals surface area contributed by atoms with Crippen molar-refractivity contribution in [2.45, 2.75) is 25.4 Å². The Labute approximate surface area is 183 Å². The number of nitrogens with one attached hydrogen (secondary N) is 1. The number of nitrogens with zero attached hydrogens (tertiary/aromatic N) is 2. The molecule has 30 heavy (non-hydrogen) atoms. The van der Waals surface area contributed by atoms with Crippen LogP contribution < -0.4 is 10.1 Å². The molecule has 2 heterocycles. The lowest BCUT2D eigenvalue weighted by Crippen LogP contribution is -2.48. The van der Waals surface area contributed by atoms with E-state index >= 15 is 0 Å². The fourth-order valence-electron chi connectivity index (χ4n) is 4.18. The van der Waals surface area contributed by atoms with Crippen LogP contribution in [0.1, 0.15) is 40.4 Å². The lowest BCUT2D eigenvalue weighted by Gasteiger charge is -2.37. The van der Waals surface area contributed by atoms with Gasteiger partial charge >= 0.3 is 0 Å². The fraction of sp³-hybridized carbons (Fsp3) is 0.391. The number of para-hydroxylation sites is 1. The molecule has 2 fully saturated rings. The molecule has 2 aromatic carbocycles. The molecule has 160 valence electrons. The van der Waals surface area contributed by atoms with Crippen LogP contribution in [-0.2, 0) is 11.3 Å². The van der Waals surface area contributed by atoms with Gasteiger partial charge in [-0.2, -0.15) is 0 Å². The summed E-state index contributed by atoms with van der Waals surface area (Å²) < 4.78 is 5.52. The third kappa shape index (κ3) is 4.60. The van der Waals surface area contributed by atoms with E-state index in [9.17, 15) is 9.59 Å². The van der Waals surface area contributed by atoms with Crippen molar-refractivity contribution in [3.05, 3.63) is 65.2 Å². The number of hydrogen-bond acceptors (Lipinski definition) is 4. The van der Waals surface area contributed by atoms with Crippen molar-refractivity contribution in [2.24, 2.45) is 0 Å². The number of methoxy groups -OCH3 is 1. The van der Waals surface area contributed by atoms with Crippen molar-refractivity contribution in [3.63, 3.8) is 0 Å². The third-order valence-electron chi connectivity index (χ3n) is 5.75. The van der Waals surface area contributed by atoms with Gasteiger partial charge in [-0.3, -0.25) is 9.59 Å². The average molecular weight is 430 g/mol. The molecule has 0 aliphatic carbocycles. The summed E-state index contributed by atoms with van der Waals surface area (Å²) in [4.78, 5) is 28.9. The van der Waals surface area contributed by atoms with Gasteiger partial charge in [-0.15, -0.1) is 12.4 Å².